The SMILES string of the molecule is NC(=O)C1CC(OCc2ccc(C(F)(F)F)cc2)CN1C(N)=O. The van der Waals surface area contributed by atoms with E-state index in [1.54, 1.807) is 0 Å². The largest absolute Gasteiger partial charge is 0.416 e. The van der Waals surface area contributed by atoms with E-state index in [0.717, 1.165) is 17.0 Å². The highest BCUT2D eigenvalue weighted by molar-refractivity contribution is 5.86. The Morgan fingerprint density at radius 1 is 1.22 bits per heavy atom. The first kappa shape index (κ1) is 17.1. The van der Waals surface area contributed by atoms with Crippen molar-refractivity contribution < 1.29 is 27.5 Å². The molecule has 1 aromatic carbocycles. The van der Waals surface area contributed by atoms with Crippen LogP contribution in [0.25, 0.3) is 0 Å². The predicted octanol–water partition coefficient (Wildman–Crippen LogP) is 1.23. The summed E-state index contributed by atoms with van der Waals surface area (Å²) in [4.78, 5) is 23.6. The van der Waals surface area contributed by atoms with Crippen LogP contribution in [0.2, 0.25) is 0 Å². The molecule has 1 fully saturated rings. The number of hydrogen-bond donors (Lipinski definition) is 2. The summed E-state index contributed by atoms with van der Waals surface area (Å²) in [5, 5.41) is 0. The van der Waals surface area contributed by atoms with Crippen LogP contribution in [0.1, 0.15) is 17.5 Å². The molecule has 0 aliphatic carbocycles. The second kappa shape index (κ2) is 6.45. The molecule has 0 saturated carbocycles. The summed E-state index contributed by atoms with van der Waals surface area (Å²) >= 11 is 0. The van der Waals surface area contributed by atoms with Crippen molar-refractivity contribution in [1.82, 2.24) is 4.90 Å². The smallest absolute Gasteiger partial charge is 0.372 e. The molecule has 2 atom stereocenters. The minimum Gasteiger partial charge on any atom is -0.372 e. The highest BCUT2D eigenvalue weighted by atomic mass is 19.4. The van der Waals surface area contributed by atoms with Crippen LogP contribution in [0, 0.1) is 0 Å². The fraction of sp³-hybridized carbons (Fsp3) is 0.429. The molecule has 9 heteroatoms. The number of amides is 3. The van der Waals surface area contributed by atoms with Gasteiger partial charge in [-0.1, -0.05) is 12.1 Å². The monoisotopic (exact) mass is 331 g/mol. The number of urea groups is 1. The van der Waals surface area contributed by atoms with Crippen molar-refractivity contribution >= 4 is 11.9 Å². The third-order valence-corrected chi connectivity index (χ3v) is 3.64. The van der Waals surface area contributed by atoms with Gasteiger partial charge in [0.15, 0.2) is 0 Å². The lowest BCUT2D eigenvalue weighted by atomic mass is 10.1. The Labute approximate surface area is 130 Å². The number of ether oxygens (including phenoxy) is 1. The van der Waals surface area contributed by atoms with E-state index >= 15 is 0 Å². The number of alkyl halides is 3. The minimum atomic E-state index is -4.39. The highest BCUT2D eigenvalue weighted by Crippen LogP contribution is 2.29. The second-order valence-electron chi connectivity index (χ2n) is 5.27. The lowest BCUT2D eigenvalue weighted by Crippen LogP contribution is -2.46. The number of likely N-dealkylation sites (tertiary alicyclic amines) is 1. The zero-order valence-corrected chi connectivity index (χ0v) is 12.0. The molecule has 23 heavy (non-hydrogen) atoms. The quantitative estimate of drug-likeness (QED) is 0.868. The average Bonchev–Trinajstić information content (AvgIpc) is 2.89. The molecular formula is C14H16F3N3O3. The van der Waals surface area contributed by atoms with E-state index in [4.69, 9.17) is 16.2 Å². The number of nitrogens with two attached hydrogens (primary N) is 2. The summed E-state index contributed by atoms with van der Waals surface area (Å²) < 4.78 is 42.9. The van der Waals surface area contributed by atoms with Crippen molar-refractivity contribution in [2.24, 2.45) is 11.5 Å². The molecule has 1 aliphatic rings. The van der Waals surface area contributed by atoms with Crippen LogP contribution in [0.3, 0.4) is 0 Å². The third-order valence-electron chi connectivity index (χ3n) is 3.64. The Balaban J connectivity index is 1.94. The summed E-state index contributed by atoms with van der Waals surface area (Å²) in [7, 11) is 0. The number of carbonyl (C=O) groups is 2. The molecule has 1 heterocycles. The maximum absolute atomic E-state index is 12.5. The van der Waals surface area contributed by atoms with Crippen molar-refractivity contribution in [3.63, 3.8) is 0 Å². The standard InChI is InChI=1S/C14H16F3N3O3/c15-14(16,17)9-3-1-8(2-4-9)7-23-10-5-11(12(18)21)20(6-10)13(19)22/h1-4,10-11H,5-7H2,(H2,18,21)(H2,19,22). The van der Waals surface area contributed by atoms with Crippen molar-refractivity contribution in [2.75, 3.05) is 6.54 Å². The van der Waals surface area contributed by atoms with E-state index in [1.165, 1.54) is 12.1 Å². The molecule has 1 aliphatic heterocycles. The van der Waals surface area contributed by atoms with Gasteiger partial charge in [-0.15, -0.1) is 0 Å². The number of benzene rings is 1. The van der Waals surface area contributed by atoms with Gasteiger partial charge in [0, 0.05) is 13.0 Å². The maximum atomic E-state index is 12.5. The maximum Gasteiger partial charge on any atom is 0.416 e. The Morgan fingerprint density at radius 2 is 1.83 bits per heavy atom. The van der Waals surface area contributed by atoms with Crippen molar-refractivity contribution in [2.45, 2.75) is 31.3 Å². The Hall–Kier alpha value is -2.29. The Kier molecular flexibility index (Phi) is 4.79. The lowest BCUT2D eigenvalue weighted by Gasteiger charge is -2.18. The van der Waals surface area contributed by atoms with Crippen LogP contribution in [-0.4, -0.2) is 35.5 Å². The molecule has 1 saturated heterocycles. The van der Waals surface area contributed by atoms with Gasteiger partial charge in [0.05, 0.1) is 18.3 Å². The van der Waals surface area contributed by atoms with Crippen LogP contribution in [-0.2, 0) is 22.3 Å². The number of primary amides is 2. The van der Waals surface area contributed by atoms with Crippen molar-refractivity contribution in [3.8, 4) is 0 Å². The number of carbonyl (C=O) groups excluding carboxylic acids is 2. The molecule has 6 nitrogen and oxygen atoms in total. The first-order chi connectivity index (χ1) is 10.7. The van der Waals surface area contributed by atoms with Gasteiger partial charge < -0.3 is 21.1 Å². The summed E-state index contributed by atoms with van der Waals surface area (Å²) in [6.07, 6.45) is -4.64. The van der Waals surface area contributed by atoms with Gasteiger partial charge in [-0.05, 0) is 17.7 Å². The first-order valence-corrected chi connectivity index (χ1v) is 6.81. The van der Waals surface area contributed by atoms with Gasteiger partial charge in [0.2, 0.25) is 5.91 Å². The fourth-order valence-corrected chi connectivity index (χ4v) is 2.44. The molecule has 1 aromatic rings. The van der Waals surface area contributed by atoms with E-state index in [2.05, 4.69) is 0 Å². The van der Waals surface area contributed by atoms with Crippen molar-refractivity contribution in [1.29, 1.82) is 0 Å². The predicted molar refractivity (Wildman–Crippen MR) is 73.9 cm³/mol. The molecule has 0 aromatic heterocycles. The van der Waals surface area contributed by atoms with E-state index in [1.807, 2.05) is 0 Å². The van der Waals surface area contributed by atoms with Gasteiger partial charge in [-0.25, -0.2) is 4.79 Å². The fourth-order valence-electron chi connectivity index (χ4n) is 2.44. The van der Waals surface area contributed by atoms with Gasteiger partial charge in [0.25, 0.3) is 0 Å². The summed E-state index contributed by atoms with van der Waals surface area (Å²) in [6, 6.07) is 2.97. The average molecular weight is 331 g/mol. The molecule has 4 N–H and O–H groups in total. The number of nitrogens with zero attached hydrogens (tertiary/aromatic N) is 1. The topological polar surface area (TPSA) is 98.7 Å². The molecule has 2 unspecified atom stereocenters. The molecule has 0 spiro atoms. The zero-order valence-electron chi connectivity index (χ0n) is 12.0. The molecule has 3 amide bonds. The molecule has 2 rings (SSSR count). The third kappa shape index (κ3) is 4.13. The molecule has 126 valence electrons. The van der Waals surface area contributed by atoms with Crippen LogP contribution in [0.4, 0.5) is 18.0 Å². The number of halogens is 3. The lowest BCUT2D eigenvalue weighted by molar-refractivity contribution is -0.137. The van der Waals surface area contributed by atoms with Crippen LogP contribution < -0.4 is 11.5 Å². The minimum absolute atomic E-state index is 0.0564. The van der Waals surface area contributed by atoms with E-state index in [9.17, 15) is 22.8 Å². The summed E-state index contributed by atoms with van der Waals surface area (Å²) in [5.74, 6) is -0.676. The highest BCUT2D eigenvalue weighted by Gasteiger charge is 2.38. The summed E-state index contributed by atoms with van der Waals surface area (Å²) in [5.41, 5.74) is 10.2. The Morgan fingerprint density at radius 3 is 2.26 bits per heavy atom. The molecule has 0 bridgehead atoms. The van der Waals surface area contributed by atoms with Gasteiger partial charge in [-0.3, -0.25) is 4.79 Å². The van der Waals surface area contributed by atoms with E-state index in [-0.39, 0.29) is 19.6 Å². The number of rotatable bonds is 4. The van der Waals surface area contributed by atoms with Gasteiger partial charge in [0.1, 0.15) is 6.04 Å². The first-order valence-electron chi connectivity index (χ1n) is 6.81. The number of hydrogen-bond acceptors (Lipinski definition) is 3. The summed E-state index contributed by atoms with van der Waals surface area (Å²) in [6.45, 7) is 0.171. The van der Waals surface area contributed by atoms with E-state index < -0.39 is 35.8 Å². The van der Waals surface area contributed by atoms with Crippen LogP contribution >= 0.6 is 0 Å². The van der Waals surface area contributed by atoms with Crippen LogP contribution in [0.15, 0.2) is 24.3 Å². The van der Waals surface area contributed by atoms with E-state index in [0.29, 0.717) is 5.56 Å². The van der Waals surface area contributed by atoms with Gasteiger partial charge in [-0.2, -0.15) is 13.2 Å². The normalized spacial score (nSPS) is 21.4. The molecule has 0 radical (unpaired) electrons. The van der Waals surface area contributed by atoms with Crippen molar-refractivity contribution in [3.05, 3.63) is 35.4 Å². The van der Waals surface area contributed by atoms with Crippen LogP contribution in [0.5, 0.6) is 0 Å². The molecular weight excluding hydrogens is 315 g/mol. The van der Waals surface area contributed by atoms with Gasteiger partial charge >= 0.3 is 12.2 Å². The second-order valence-corrected chi connectivity index (χ2v) is 5.27. The zero-order chi connectivity index (χ0) is 17.2. The Bertz CT molecular complexity index is 567.